The summed E-state index contributed by atoms with van der Waals surface area (Å²) in [6, 6.07) is 16.4. The lowest BCUT2D eigenvalue weighted by atomic mass is 9.73. The van der Waals surface area contributed by atoms with E-state index in [-0.39, 0.29) is 18.2 Å². The highest BCUT2D eigenvalue weighted by Crippen LogP contribution is 2.36. The number of para-hydroxylation sites is 2. The van der Waals surface area contributed by atoms with Gasteiger partial charge in [0.25, 0.3) is 5.89 Å². The zero-order valence-electron chi connectivity index (χ0n) is 20.8. The van der Waals surface area contributed by atoms with Crippen LogP contribution in [0.25, 0.3) is 11.1 Å². The van der Waals surface area contributed by atoms with E-state index < -0.39 is 23.3 Å². The van der Waals surface area contributed by atoms with Crippen LogP contribution in [0.15, 0.2) is 59.0 Å². The van der Waals surface area contributed by atoms with Crippen molar-refractivity contribution in [1.82, 2.24) is 15.2 Å². The van der Waals surface area contributed by atoms with Gasteiger partial charge in [-0.1, -0.05) is 42.5 Å². The van der Waals surface area contributed by atoms with Crippen molar-refractivity contribution < 1.29 is 23.5 Å². The van der Waals surface area contributed by atoms with Crippen LogP contribution in [0.3, 0.4) is 0 Å². The lowest BCUT2D eigenvalue weighted by Crippen LogP contribution is -2.62. The molecule has 0 spiro atoms. The fourth-order valence-electron chi connectivity index (χ4n) is 3.90. The van der Waals surface area contributed by atoms with Crippen LogP contribution in [0.5, 0.6) is 0 Å². The van der Waals surface area contributed by atoms with E-state index in [0.29, 0.717) is 29.7 Å². The van der Waals surface area contributed by atoms with Crippen molar-refractivity contribution in [3.8, 4) is 0 Å². The Bertz CT molecular complexity index is 1200. The number of rotatable bonds is 8. The minimum absolute atomic E-state index is 0.0431. The average Bonchev–Trinajstić information content (AvgIpc) is 3.24. The second-order valence-electron chi connectivity index (χ2n) is 9.85. The third kappa shape index (κ3) is 6.07. The zero-order chi connectivity index (χ0) is 25.8. The number of benzene rings is 2. The first kappa shape index (κ1) is 25.8. The molecular formula is C27H31N3O5S. The average molecular weight is 510 g/mol. The van der Waals surface area contributed by atoms with Gasteiger partial charge < -0.3 is 14.5 Å². The first-order chi connectivity index (χ1) is 17.2. The SMILES string of the molecule is CC(C)(C)OC(=O)N(CCSCc1ccccc1)C(=O)NC1(C(=O)c2nc3ccccc3o2)CCC1. The molecule has 1 N–H and O–H groups in total. The summed E-state index contributed by atoms with van der Waals surface area (Å²) in [6.45, 7) is 5.38. The van der Waals surface area contributed by atoms with Gasteiger partial charge in [0.05, 0.1) is 0 Å². The van der Waals surface area contributed by atoms with Crippen molar-refractivity contribution in [3.05, 3.63) is 66.1 Å². The van der Waals surface area contributed by atoms with Crippen LogP contribution in [0, 0.1) is 0 Å². The molecule has 1 saturated carbocycles. The summed E-state index contributed by atoms with van der Waals surface area (Å²) in [5, 5.41) is 2.83. The number of Topliss-reactive ketones (excluding diaryl/α,β-unsaturated/α-hetero) is 1. The smallest absolute Gasteiger partial charge is 0.418 e. The van der Waals surface area contributed by atoms with E-state index in [1.807, 2.05) is 36.4 Å². The number of imide groups is 1. The van der Waals surface area contributed by atoms with Gasteiger partial charge in [0.1, 0.15) is 16.7 Å². The molecule has 1 heterocycles. The number of amides is 3. The van der Waals surface area contributed by atoms with E-state index in [4.69, 9.17) is 9.15 Å². The van der Waals surface area contributed by atoms with E-state index in [2.05, 4.69) is 10.3 Å². The molecule has 0 radical (unpaired) electrons. The minimum atomic E-state index is -1.16. The Labute approximate surface area is 214 Å². The second-order valence-corrected chi connectivity index (χ2v) is 11.0. The van der Waals surface area contributed by atoms with Gasteiger partial charge in [-0.2, -0.15) is 11.8 Å². The Balaban J connectivity index is 1.46. The van der Waals surface area contributed by atoms with E-state index >= 15 is 0 Å². The number of aromatic nitrogens is 1. The third-order valence-electron chi connectivity index (χ3n) is 5.91. The number of oxazole rings is 1. The van der Waals surface area contributed by atoms with E-state index in [1.165, 1.54) is 0 Å². The lowest BCUT2D eigenvalue weighted by molar-refractivity contribution is 0.0309. The molecule has 1 aliphatic rings. The number of ether oxygens (including phenoxy) is 1. The molecule has 3 aromatic rings. The number of nitrogens with one attached hydrogen (secondary N) is 1. The van der Waals surface area contributed by atoms with Crippen LogP contribution in [-0.2, 0) is 10.5 Å². The standard InChI is InChI=1S/C27H31N3O5S/c1-26(2,3)35-25(33)30(16-17-36-18-19-10-5-4-6-11-19)24(32)29-27(14-9-15-27)22(31)23-28-20-12-7-8-13-21(20)34-23/h4-8,10-13H,9,14-18H2,1-3H3,(H,29,32). The Morgan fingerprint density at radius 1 is 1.08 bits per heavy atom. The number of hydrogen-bond acceptors (Lipinski definition) is 7. The highest BCUT2D eigenvalue weighted by atomic mass is 32.2. The van der Waals surface area contributed by atoms with Gasteiger partial charge >= 0.3 is 12.1 Å². The molecule has 1 fully saturated rings. The molecule has 0 unspecified atom stereocenters. The predicted octanol–water partition coefficient (Wildman–Crippen LogP) is 5.81. The molecule has 4 rings (SSSR count). The summed E-state index contributed by atoms with van der Waals surface area (Å²) in [5.74, 6) is 0.845. The number of carbonyl (C=O) groups excluding carboxylic acids is 3. The Morgan fingerprint density at radius 3 is 2.42 bits per heavy atom. The number of carbonyl (C=O) groups is 3. The monoisotopic (exact) mass is 509 g/mol. The highest BCUT2D eigenvalue weighted by molar-refractivity contribution is 7.98. The van der Waals surface area contributed by atoms with Crippen molar-refractivity contribution in [2.24, 2.45) is 0 Å². The van der Waals surface area contributed by atoms with Crippen molar-refractivity contribution in [3.63, 3.8) is 0 Å². The Kier molecular flexibility index (Phi) is 7.68. The van der Waals surface area contributed by atoms with Crippen molar-refractivity contribution in [2.75, 3.05) is 12.3 Å². The van der Waals surface area contributed by atoms with Crippen molar-refractivity contribution in [2.45, 2.75) is 56.9 Å². The first-order valence-corrected chi connectivity index (χ1v) is 13.2. The zero-order valence-corrected chi connectivity index (χ0v) is 21.6. The van der Waals surface area contributed by atoms with Crippen molar-refractivity contribution in [1.29, 1.82) is 0 Å². The molecule has 8 nitrogen and oxygen atoms in total. The number of nitrogens with zero attached hydrogens (tertiary/aromatic N) is 2. The summed E-state index contributed by atoms with van der Waals surface area (Å²) in [6.07, 6.45) is 0.915. The molecule has 36 heavy (non-hydrogen) atoms. The maximum Gasteiger partial charge on any atom is 0.418 e. The number of thioether (sulfide) groups is 1. The van der Waals surface area contributed by atoms with Gasteiger partial charge in [-0.15, -0.1) is 0 Å². The molecule has 0 bridgehead atoms. The summed E-state index contributed by atoms with van der Waals surface area (Å²) in [5.41, 5.74) is 0.317. The Hall–Kier alpha value is -3.33. The van der Waals surface area contributed by atoms with Gasteiger partial charge in [0.2, 0.25) is 5.78 Å². The minimum Gasteiger partial charge on any atom is -0.443 e. The van der Waals surface area contributed by atoms with Gasteiger partial charge in [0.15, 0.2) is 5.58 Å². The van der Waals surface area contributed by atoms with Crippen LogP contribution in [0.2, 0.25) is 0 Å². The van der Waals surface area contributed by atoms with Gasteiger partial charge in [-0.05, 0) is 57.7 Å². The maximum atomic E-state index is 13.4. The summed E-state index contributed by atoms with van der Waals surface area (Å²) in [4.78, 5) is 45.0. The molecular weight excluding hydrogens is 478 g/mol. The molecule has 0 atom stereocenters. The molecule has 190 valence electrons. The summed E-state index contributed by atoms with van der Waals surface area (Å²) in [7, 11) is 0. The third-order valence-corrected chi connectivity index (χ3v) is 6.91. The number of fused-ring (bicyclic) bond motifs is 1. The van der Waals surface area contributed by atoms with Gasteiger partial charge in [-0.25, -0.2) is 19.5 Å². The molecule has 0 aliphatic heterocycles. The largest absolute Gasteiger partial charge is 0.443 e. The first-order valence-electron chi connectivity index (χ1n) is 12.0. The second kappa shape index (κ2) is 10.7. The Morgan fingerprint density at radius 2 is 1.78 bits per heavy atom. The molecule has 3 amide bonds. The fraction of sp³-hybridized carbons (Fsp3) is 0.407. The van der Waals surface area contributed by atoms with Crippen LogP contribution in [-0.4, -0.2) is 51.2 Å². The summed E-state index contributed by atoms with van der Waals surface area (Å²) < 4.78 is 11.2. The van der Waals surface area contributed by atoms with E-state index in [0.717, 1.165) is 22.6 Å². The molecule has 2 aromatic carbocycles. The number of ketones is 1. The molecule has 1 aliphatic carbocycles. The normalized spacial score (nSPS) is 14.6. The molecule has 0 saturated heterocycles. The van der Waals surface area contributed by atoms with Crippen LogP contribution in [0.1, 0.15) is 56.3 Å². The van der Waals surface area contributed by atoms with Gasteiger partial charge in [-0.3, -0.25) is 4.79 Å². The predicted molar refractivity (Wildman–Crippen MR) is 139 cm³/mol. The van der Waals surface area contributed by atoms with Crippen LogP contribution >= 0.6 is 11.8 Å². The quantitative estimate of drug-likeness (QED) is 0.302. The summed E-state index contributed by atoms with van der Waals surface area (Å²) >= 11 is 1.61. The number of hydrogen-bond donors (Lipinski definition) is 1. The maximum absolute atomic E-state index is 13.4. The topological polar surface area (TPSA) is 102 Å². The van der Waals surface area contributed by atoms with Gasteiger partial charge in [0, 0.05) is 18.1 Å². The van der Waals surface area contributed by atoms with E-state index in [1.54, 1.807) is 50.7 Å². The lowest BCUT2D eigenvalue weighted by Gasteiger charge is -2.41. The van der Waals surface area contributed by atoms with E-state index in [9.17, 15) is 14.4 Å². The fourth-order valence-corrected chi connectivity index (χ4v) is 4.78. The van der Waals surface area contributed by atoms with Crippen molar-refractivity contribution >= 4 is 40.8 Å². The van der Waals surface area contributed by atoms with Crippen LogP contribution < -0.4 is 5.32 Å². The molecule has 1 aromatic heterocycles. The highest BCUT2D eigenvalue weighted by Gasteiger charge is 2.49. The molecule has 9 heteroatoms. The number of urea groups is 1. The van der Waals surface area contributed by atoms with Crippen LogP contribution in [0.4, 0.5) is 9.59 Å².